The van der Waals surface area contributed by atoms with E-state index in [-0.39, 0.29) is 12.4 Å². The maximum atomic E-state index is 5.86. The average Bonchev–Trinajstić information content (AvgIpc) is 2.47. The standard InChI is InChI=1S/C16H19NO2.ClH/c1-18-15-8-7-13(9-10-17)11-16(15)19-12-14-5-3-2-4-6-14;/h2-8,11H,9-10,12,17H2,1H3;1H. The van der Waals surface area contributed by atoms with E-state index in [0.717, 1.165) is 30.0 Å². The van der Waals surface area contributed by atoms with Gasteiger partial charge < -0.3 is 27.6 Å². The Bertz CT molecular complexity index is 517. The molecule has 0 saturated heterocycles. The van der Waals surface area contributed by atoms with Gasteiger partial charge in [-0.3, -0.25) is 0 Å². The van der Waals surface area contributed by atoms with Crippen LogP contribution in [0.5, 0.6) is 11.5 Å². The van der Waals surface area contributed by atoms with Gasteiger partial charge in [0.05, 0.1) is 13.7 Å². The van der Waals surface area contributed by atoms with Gasteiger partial charge in [0.2, 0.25) is 0 Å². The molecule has 0 heterocycles. The maximum Gasteiger partial charge on any atom is 0.161 e. The van der Waals surface area contributed by atoms with Crippen LogP contribution < -0.4 is 27.6 Å². The quantitative estimate of drug-likeness (QED) is 0.747. The Morgan fingerprint density at radius 1 is 0.950 bits per heavy atom. The van der Waals surface area contributed by atoms with E-state index in [1.54, 1.807) is 7.11 Å². The van der Waals surface area contributed by atoms with Crippen molar-refractivity contribution in [1.82, 2.24) is 0 Å². The van der Waals surface area contributed by atoms with Crippen molar-refractivity contribution in [3.05, 3.63) is 59.7 Å². The molecule has 0 saturated carbocycles. The van der Waals surface area contributed by atoms with Gasteiger partial charge in [-0.15, -0.1) is 0 Å². The van der Waals surface area contributed by atoms with Gasteiger partial charge >= 0.3 is 0 Å². The molecule has 0 aliphatic rings. The molecule has 0 radical (unpaired) electrons. The molecule has 3 N–H and O–H groups in total. The minimum atomic E-state index is 0. The summed E-state index contributed by atoms with van der Waals surface area (Å²) in [5.41, 5.74) is 6.24. The first-order valence-corrected chi connectivity index (χ1v) is 6.46. The van der Waals surface area contributed by atoms with Crippen LogP contribution in [0.1, 0.15) is 11.1 Å². The third-order valence-electron chi connectivity index (χ3n) is 2.93. The van der Waals surface area contributed by atoms with Crippen LogP contribution in [0.15, 0.2) is 48.5 Å². The molecule has 0 aliphatic heterocycles. The molecule has 0 unspecified atom stereocenters. The number of methoxy groups -OCH3 is 1. The van der Waals surface area contributed by atoms with Gasteiger partial charge in [0.1, 0.15) is 6.61 Å². The highest BCUT2D eigenvalue weighted by Crippen LogP contribution is 2.28. The molecule has 0 spiro atoms. The highest BCUT2D eigenvalue weighted by atomic mass is 35.5. The minimum Gasteiger partial charge on any atom is -1.00 e. The Morgan fingerprint density at radius 2 is 1.70 bits per heavy atom. The van der Waals surface area contributed by atoms with Crippen LogP contribution in [0.25, 0.3) is 0 Å². The number of rotatable bonds is 6. The van der Waals surface area contributed by atoms with E-state index in [1.807, 2.05) is 42.5 Å². The summed E-state index contributed by atoms with van der Waals surface area (Å²) in [5, 5.41) is 0. The molecule has 108 valence electrons. The van der Waals surface area contributed by atoms with Crippen LogP contribution in [-0.2, 0) is 13.0 Å². The lowest BCUT2D eigenvalue weighted by Gasteiger charge is -2.12. The predicted octanol–water partition coefficient (Wildman–Crippen LogP) is -0.937. The van der Waals surface area contributed by atoms with E-state index in [0.29, 0.717) is 6.61 Å². The summed E-state index contributed by atoms with van der Waals surface area (Å²) in [6.07, 6.45) is 0.950. The third-order valence-corrected chi connectivity index (χ3v) is 2.93. The lowest BCUT2D eigenvalue weighted by atomic mass is 10.1. The fourth-order valence-electron chi connectivity index (χ4n) is 1.93. The van der Waals surface area contributed by atoms with Gasteiger partial charge in [0.15, 0.2) is 11.5 Å². The summed E-state index contributed by atoms with van der Waals surface area (Å²) in [4.78, 5) is 0. The lowest BCUT2D eigenvalue weighted by Crippen LogP contribution is -3.00. The van der Waals surface area contributed by atoms with Crippen molar-refractivity contribution in [2.24, 2.45) is 0 Å². The minimum absolute atomic E-state index is 0. The SMILES string of the molecule is COc1ccc(CC[NH3+])cc1OCc1ccccc1.[Cl-]. The van der Waals surface area contributed by atoms with Crippen LogP contribution in [-0.4, -0.2) is 13.7 Å². The van der Waals surface area contributed by atoms with Crippen LogP contribution in [0.2, 0.25) is 0 Å². The zero-order valence-electron chi connectivity index (χ0n) is 11.6. The van der Waals surface area contributed by atoms with E-state index in [9.17, 15) is 0 Å². The fourth-order valence-corrected chi connectivity index (χ4v) is 1.93. The Morgan fingerprint density at radius 3 is 2.35 bits per heavy atom. The summed E-state index contributed by atoms with van der Waals surface area (Å²) < 4.78 is 11.2. The Labute approximate surface area is 126 Å². The molecule has 2 rings (SSSR count). The fraction of sp³-hybridized carbons (Fsp3) is 0.250. The normalized spacial score (nSPS) is 9.70. The topological polar surface area (TPSA) is 46.1 Å². The molecule has 0 aliphatic carbocycles. The van der Waals surface area contributed by atoms with Gasteiger partial charge in [-0.05, 0) is 23.3 Å². The van der Waals surface area contributed by atoms with Gasteiger partial charge in [-0.1, -0.05) is 36.4 Å². The second-order valence-electron chi connectivity index (χ2n) is 4.36. The zero-order valence-corrected chi connectivity index (χ0v) is 12.4. The Kier molecular flexibility index (Phi) is 6.91. The number of quaternary nitrogens is 1. The molecule has 3 nitrogen and oxygen atoms in total. The van der Waals surface area contributed by atoms with Crippen molar-refractivity contribution in [2.45, 2.75) is 13.0 Å². The second-order valence-corrected chi connectivity index (χ2v) is 4.36. The molecule has 4 heteroatoms. The summed E-state index contributed by atoms with van der Waals surface area (Å²) in [7, 11) is 1.66. The van der Waals surface area contributed by atoms with Crippen LogP contribution >= 0.6 is 0 Å². The van der Waals surface area contributed by atoms with Crippen molar-refractivity contribution in [2.75, 3.05) is 13.7 Å². The summed E-state index contributed by atoms with van der Waals surface area (Å²) in [6, 6.07) is 16.2. The molecule has 0 fully saturated rings. The predicted molar refractivity (Wildman–Crippen MR) is 75.2 cm³/mol. The number of hydrogen-bond acceptors (Lipinski definition) is 2. The summed E-state index contributed by atoms with van der Waals surface area (Å²) in [5.74, 6) is 1.56. The van der Waals surface area contributed by atoms with Crippen molar-refractivity contribution < 1.29 is 27.6 Å². The van der Waals surface area contributed by atoms with E-state index in [2.05, 4.69) is 11.8 Å². The van der Waals surface area contributed by atoms with E-state index in [1.165, 1.54) is 5.56 Å². The van der Waals surface area contributed by atoms with Crippen molar-refractivity contribution in [3.8, 4) is 11.5 Å². The van der Waals surface area contributed by atoms with Gasteiger partial charge in [-0.25, -0.2) is 0 Å². The Hall–Kier alpha value is -1.71. The Balaban J connectivity index is 0.00000200. The van der Waals surface area contributed by atoms with Crippen LogP contribution in [0.4, 0.5) is 0 Å². The number of benzene rings is 2. The molecule has 2 aromatic carbocycles. The maximum absolute atomic E-state index is 5.86. The molecule has 0 amide bonds. The van der Waals surface area contributed by atoms with Crippen LogP contribution in [0, 0.1) is 0 Å². The number of ether oxygens (including phenoxy) is 2. The first-order valence-electron chi connectivity index (χ1n) is 6.46. The highest BCUT2D eigenvalue weighted by Gasteiger charge is 2.06. The number of halogens is 1. The molecule has 20 heavy (non-hydrogen) atoms. The highest BCUT2D eigenvalue weighted by molar-refractivity contribution is 5.43. The van der Waals surface area contributed by atoms with E-state index in [4.69, 9.17) is 9.47 Å². The van der Waals surface area contributed by atoms with Crippen LogP contribution in [0.3, 0.4) is 0 Å². The van der Waals surface area contributed by atoms with Crippen molar-refractivity contribution in [1.29, 1.82) is 0 Å². The number of hydrogen-bond donors (Lipinski definition) is 1. The van der Waals surface area contributed by atoms with E-state index >= 15 is 0 Å². The van der Waals surface area contributed by atoms with E-state index < -0.39 is 0 Å². The summed E-state index contributed by atoms with van der Waals surface area (Å²) in [6.45, 7) is 1.43. The monoisotopic (exact) mass is 293 g/mol. The smallest absolute Gasteiger partial charge is 0.161 e. The molecular weight excluding hydrogens is 274 g/mol. The molecule has 2 aromatic rings. The third kappa shape index (κ3) is 4.44. The van der Waals surface area contributed by atoms with Crippen molar-refractivity contribution in [3.63, 3.8) is 0 Å². The lowest BCUT2D eigenvalue weighted by molar-refractivity contribution is -0.366. The first-order chi connectivity index (χ1) is 9.33. The summed E-state index contributed by atoms with van der Waals surface area (Å²) >= 11 is 0. The second kappa shape index (κ2) is 8.46. The first kappa shape index (κ1) is 16.3. The van der Waals surface area contributed by atoms with Gasteiger partial charge in [-0.2, -0.15) is 0 Å². The van der Waals surface area contributed by atoms with Gasteiger partial charge in [0.25, 0.3) is 0 Å². The molecule has 0 atom stereocenters. The molecule has 0 bridgehead atoms. The zero-order chi connectivity index (χ0) is 13.5. The largest absolute Gasteiger partial charge is 1.00 e. The average molecular weight is 294 g/mol. The molecular formula is C16H20ClNO2. The molecule has 0 aromatic heterocycles. The van der Waals surface area contributed by atoms with Crippen molar-refractivity contribution >= 4 is 0 Å². The van der Waals surface area contributed by atoms with Gasteiger partial charge in [0, 0.05) is 6.42 Å².